The molecule has 0 unspecified atom stereocenters. The van der Waals surface area contributed by atoms with E-state index in [0.29, 0.717) is 5.95 Å². The number of nitrogens with zero attached hydrogens (tertiary/aromatic N) is 3. The van der Waals surface area contributed by atoms with Crippen LogP contribution in [0.4, 0.5) is 11.8 Å². The van der Waals surface area contributed by atoms with Gasteiger partial charge in [-0.05, 0) is 18.9 Å². The Bertz CT molecular complexity index is 688. The molecular formula is C18H23N5. The van der Waals surface area contributed by atoms with Crippen LogP contribution in [-0.4, -0.2) is 41.0 Å². The maximum atomic E-state index is 5.76. The van der Waals surface area contributed by atoms with Crippen LogP contribution in [0.3, 0.4) is 0 Å². The van der Waals surface area contributed by atoms with Gasteiger partial charge in [0.25, 0.3) is 0 Å². The van der Waals surface area contributed by atoms with Gasteiger partial charge in [0.2, 0.25) is 5.95 Å². The minimum atomic E-state index is 0.299. The fourth-order valence-electron chi connectivity index (χ4n) is 2.77. The first-order valence-electron chi connectivity index (χ1n) is 8.03. The van der Waals surface area contributed by atoms with Crippen LogP contribution < -0.4 is 11.1 Å². The average molecular weight is 309 g/mol. The van der Waals surface area contributed by atoms with E-state index in [2.05, 4.69) is 57.5 Å². The predicted octanol–water partition coefficient (Wildman–Crippen LogP) is 2.71. The first kappa shape index (κ1) is 15.5. The van der Waals surface area contributed by atoms with Crippen LogP contribution in [0, 0.1) is 6.92 Å². The van der Waals surface area contributed by atoms with E-state index in [0.717, 1.165) is 49.5 Å². The Hall–Kier alpha value is -2.40. The summed E-state index contributed by atoms with van der Waals surface area (Å²) in [6, 6.07) is 8.34. The van der Waals surface area contributed by atoms with Crippen LogP contribution in [0.2, 0.25) is 0 Å². The number of aromatic nitrogens is 2. The van der Waals surface area contributed by atoms with Crippen molar-refractivity contribution in [2.24, 2.45) is 0 Å². The summed E-state index contributed by atoms with van der Waals surface area (Å²) >= 11 is 0. The van der Waals surface area contributed by atoms with Crippen molar-refractivity contribution in [3.63, 3.8) is 0 Å². The summed E-state index contributed by atoms with van der Waals surface area (Å²) in [5.74, 6) is 1.11. The molecule has 5 nitrogen and oxygen atoms in total. The number of benzene rings is 1. The lowest BCUT2D eigenvalue weighted by atomic mass is 10.1. The molecule has 3 N–H and O–H groups in total. The molecule has 23 heavy (non-hydrogen) atoms. The number of nitrogens with one attached hydrogen (secondary N) is 1. The van der Waals surface area contributed by atoms with Gasteiger partial charge < -0.3 is 11.1 Å². The monoisotopic (exact) mass is 309 g/mol. The van der Waals surface area contributed by atoms with Crippen molar-refractivity contribution in [3.8, 4) is 11.1 Å². The first-order chi connectivity index (χ1) is 11.2. The largest absolute Gasteiger partial charge is 0.369 e. The van der Waals surface area contributed by atoms with E-state index in [4.69, 9.17) is 5.73 Å². The fourth-order valence-corrected chi connectivity index (χ4v) is 2.77. The molecular weight excluding hydrogens is 286 g/mol. The zero-order chi connectivity index (χ0) is 16.1. The molecule has 0 saturated carbocycles. The minimum Gasteiger partial charge on any atom is -0.369 e. The van der Waals surface area contributed by atoms with Gasteiger partial charge >= 0.3 is 0 Å². The third kappa shape index (κ3) is 4.07. The van der Waals surface area contributed by atoms with Gasteiger partial charge in [0.05, 0.1) is 0 Å². The van der Waals surface area contributed by atoms with Crippen molar-refractivity contribution in [2.75, 3.05) is 37.2 Å². The SMILES string of the molecule is Cc1cccc(-c2cnc(N)nc2NCCCN2CC=CC2)c1. The standard InChI is InChI=1S/C18H23N5/c1-14-6-4-7-15(12-14)16-13-21-18(19)22-17(16)20-8-5-11-23-9-2-3-10-23/h2-4,6-7,12-13H,5,8-11H2,1H3,(H3,19,20,21,22). The van der Waals surface area contributed by atoms with Gasteiger partial charge in [0.1, 0.15) is 5.82 Å². The second-order valence-electron chi connectivity index (χ2n) is 5.87. The molecule has 0 aliphatic carbocycles. The highest BCUT2D eigenvalue weighted by molar-refractivity contribution is 5.75. The number of nitrogen functional groups attached to an aromatic ring is 1. The van der Waals surface area contributed by atoms with Crippen molar-refractivity contribution in [1.29, 1.82) is 0 Å². The summed E-state index contributed by atoms with van der Waals surface area (Å²) in [7, 11) is 0. The van der Waals surface area contributed by atoms with Crippen LogP contribution in [0.15, 0.2) is 42.6 Å². The van der Waals surface area contributed by atoms with Gasteiger partial charge in [-0.1, -0.05) is 42.0 Å². The molecule has 2 aromatic rings. The van der Waals surface area contributed by atoms with Crippen LogP contribution in [-0.2, 0) is 0 Å². The molecule has 0 fully saturated rings. The lowest BCUT2D eigenvalue weighted by molar-refractivity contribution is 0.351. The number of hydrogen-bond acceptors (Lipinski definition) is 5. The molecule has 1 aliphatic rings. The highest BCUT2D eigenvalue weighted by Crippen LogP contribution is 2.26. The Morgan fingerprint density at radius 2 is 2.09 bits per heavy atom. The lowest BCUT2D eigenvalue weighted by Crippen LogP contribution is -2.23. The number of hydrogen-bond donors (Lipinski definition) is 2. The highest BCUT2D eigenvalue weighted by Gasteiger charge is 2.09. The first-order valence-corrected chi connectivity index (χ1v) is 8.03. The second kappa shape index (κ2) is 7.24. The number of nitrogens with two attached hydrogens (primary N) is 1. The van der Waals surface area contributed by atoms with Crippen molar-refractivity contribution in [3.05, 3.63) is 48.2 Å². The quantitative estimate of drug-likeness (QED) is 0.634. The fraction of sp³-hybridized carbons (Fsp3) is 0.333. The van der Waals surface area contributed by atoms with Crippen molar-refractivity contribution < 1.29 is 0 Å². The predicted molar refractivity (Wildman–Crippen MR) is 95.3 cm³/mol. The Labute approximate surface area is 137 Å². The van der Waals surface area contributed by atoms with Gasteiger partial charge in [-0.15, -0.1) is 0 Å². The molecule has 0 atom stereocenters. The molecule has 0 bridgehead atoms. The normalized spacial score (nSPS) is 14.3. The maximum Gasteiger partial charge on any atom is 0.221 e. The van der Waals surface area contributed by atoms with Gasteiger partial charge in [-0.3, -0.25) is 4.90 Å². The zero-order valence-corrected chi connectivity index (χ0v) is 13.5. The average Bonchev–Trinajstić information content (AvgIpc) is 3.05. The summed E-state index contributed by atoms with van der Waals surface area (Å²) in [6.45, 7) is 6.16. The molecule has 0 amide bonds. The number of aryl methyl sites for hydroxylation is 1. The Kier molecular flexibility index (Phi) is 4.88. The molecule has 0 radical (unpaired) electrons. The number of rotatable bonds is 6. The molecule has 1 aromatic heterocycles. The summed E-state index contributed by atoms with van der Waals surface area (Å²) in [5.41, 5.74) is 9.07. The van der Waals surface area contributed by atoms with Crippen molar-refractivity contribution >= 4 is 11.8 Å². The summed E-state index contributed by atoms with van der Waals surface area (Å²) in [4.78, 5) is 10.9. The van der Waals surface area contributed by atoms with Crippen LogP contribution >= 0.6 is 0 Å². The topological polar surface area (TPSA) is 67.1 Å². The van der Waals surface area contributed by atoms with Crippen LogP contribution in [0.1, 0.15) is 12.0 Å². The van der Waals surface area contributed by atoms with E-state index in [1.54, 1.807) is 6.20 Å². The van der Waals surface area contributed by atoms with Gasteiger partial charge in [-0.2, -0.15) is 4.98 Å². The Morgan fingerprint density at radius 1 is 1.26 bits per heavy atom. The smallest absolute Gasteiger partial charge is 0.221 e. The van der Waals surface area contributed by atoms with E-state index in [9.17, 15) is 0 Å². The third-order valence-corrected chi connectivity index (χ3v) is 3.97. The highest BCUT2D eigenvalue weighted by atomic mass is 15.1. The summed E-state index contributed by atoms with van der Waals surface area (Å²) in [5, 5.41) is 3.42. The molecule has 0 spiro atoms. The van der Waals surface area contributed by atoms with Gasteiger partial charge in [0.15, 0.2) is 0 Å². The van der Waals surface area contributed by atoms with E-state index in [-0.39, 0.29) is 0 Å². The number of anilines is 2. The molecule has 120 valence electrons. The second-order valence-corrected chi connectivity index (χ2v) is 5.87. The Morgan fingerprint density at radius 3 is 2.87 bits per heavy atom. The molecule has 1 aliphatic heterocycles. The zero-order valence-electron chi connectivity index (χ0n) is 13.5. The molecule has 5 heteroatoms. The van der Waals surface area contributed by atoms with Crippen molar-refractivity contribution in [2.45, 2.75) is 13.3 Å². The van der Waals surface area contributed by atoms with Crippen molar-refractivity contribution in [1.82, 2.24) is 14.9 Å². The third-order valence-electron chi connectivity index (χ3n) is 3.97. The van der Waals surface area contributed by atoms with E-state index < -0.39 is 0 Å². The molecule has 3 rings (SSSR count). The minimum absolute atomic E-state index is 0.299. The molecule has 1 aromatic carbocycles. The summed E-state index contributed by atoms with van der Waals surface area (Å²) < 4.78 is 0. The van der Waals surface area contributed by atoms with Crippen LogP contribution in [0.5, 0.6) is 0 Å². The van der Waals surface area contributed by atoms with Gasteiger partial charge in [-0.25, -0.2) is 4.98 Å². The molecule has 2 heterocycles. The van der Waals surface area contributed by atoms with Gasteiger partial charge in [0, 0.05) is 37.9 Å². The summed E-state index contributed by atoms with van der Waals surface area (Å²) in [6.07, 6.45) is 7.30. The van der Waals surface area contributed by atoms with Crippen LogP contribution in [0.25, 0.3) is 11.1 Å². The van der Waals surface area contributed by atoms with E-state index in [1.807, 2.05) is 6.07 Å². The maximum absolute atomic E-state index is 5.76. The molecule has 0 saturated heterocycles. The van der Waals surface area contributed by atoms with E-state index in [1.165, 1.54) is 5.56 Å². The van der Waals surface area contributed by atoms with E-state index >= 15 is 0 Å². The Balaban J connectivity index is 1.66. The lowest BCUT2D eigenvalue weighted by Gasteiger charge is -2.16.